The summed E-state index contributed by atoms with van der Waals surface area (Å²) in [5.41, 5.74) is 1.86. The van der Waals surface area contributed by atoms with Gasteiger partial charge >= 0.3 is 12.0 Å². The van der Waals surface area contributed by atoms with Gasteiger partial charge in [-0.25, -0.2) is 4.79 Å². The van der Waals surface area contributed by atoms with Crippen LogP contribution in [0.5, 0.6) is 0 Å². The highest BCUT2D eigenvalue weighted by atomic mass is 16.4. The second-order valence-corrected chi connectivity index (χ2v) is 7.03. The SMILES string of the molecule is O=C(NCc1ccc(N2CCCC2=O)cc1)NC1CCC(C(=O)O)CC1. The summed E-state index contributed by atoms with van der Waals surface area (Å²) in [5.74, 6) is -0.864. The Bertz CT molecular complexity index is 666. The molecule has 0 aromatic heterocycles. The third-order valence-corrected chi connectivity index (χ3v) is 5.19. The number of benzene rings is 1. The minimum absolute atomic E-state index is 0.0363. The smallest absolute Gasteiger partial charge is 0.315 e. The number of carbonyl (C=O) groups is 3. The van der Waals surface area contributed by atoms with E-state index in [-0.39, 0.29) is 23.9 Å². The highest BCUT2D eigenvalue weighted by molar-refractivity contribution is 5.95. The lowest BCUT2D eigenvalue weighted by molar-refractivity contribution is -0.142. The van der Waals surface area contributed by atoms with Crippen LogP contribution in [0.1, 0.15) is 44.1 Å². The van der Waals surface area contributed by atoms with Gasteiger partial charge in [-0.1, -0.05) is 12.1 Å². The molecule has 0 atom stereocenters. The van der Waals surface area contributed by atoms with Gasteiger partial charge in [-0.15, -0.1) is 0 Å². The minimum Gasteiger partial charge on any atom is -0.481 e. The maximum absolute atomic E-state index is 12.0. The molecule has 7 heteroatoms. The first-order chi connectivity index (χ1) is 12.5. The summed E-state index contributed by atoms with van der Waals surface area (Å²) in [6.07, 6.45) is 4.12. The van der Waals surface area contributed by atoms with Gasteiger partial charge in [0.1, 0.15) is 0 Å². The number of hydrogen-bond donors (Lipinski definition) is 3. The van der Waals surface area contributed by atoms with E-state index in [4.69, 9.17) is 5.11 Å². The Labute approximate surface area is 152 Å². The fourth-order valence-corrected chi connectivity index (χ4v) is 3.62. The molecule has 0 unspecified atom stereocenters. The van der Waals surface area contributed by atoms with E-state index in [2.05, 4.69) is 10.6 Å². The van der Waals surface area contributed by atoms with E-state index < -0.39 is 5.97 Å². The van der Waals surface area contributed by atoms with Crippen LogP contribution >= 0.6 is 0 Å². The molecule has 0 spiro atoms. The molecule has 7 nitrogen and oxygen atoms in total. The number of nitrogens with zero attached hydrogens (tertiary/aromatic N) is 1. The number of rotatable bonds is 5. The van der Waals surface area contributed by atoms with Crippen LogP contribution in [0.2, 0.25) is 0 Å². The van der Waals surface area contributed by atoms with Gasteiger partial charge in [-0.2, -0.15) is 0 Å². The van der Waals surface area contributed by atoms with Crippen LogP contribution in [0, 0.1) is 5.92 Å². The first-order valence-corrected chi connectivity index (χ1v) is 9.19. The Kier molecular flexibility index (Phi) is 5.75. The number of hydrogen-bond acceptors (Lipinski definition) is 3. The van der Waals surface area contributed by atoms with Gasteiger partial charge in [0, 0.05) is 31.2 Å². The summed E-state index contributed by atoms with van der Waals surface area (Å²) in [4.78, 5) is 36.5. The maximum atomic E-state index is 12.0. The zero-order chi connectivity index (χ0) is 18.5. The van der Waals surface area contributed by atoms with E-state index in [0.29, 0.717) is 38.6 Å². The molecule has 1 aromatic rings. The van der Waals surface area contributed by atoms with Crippen LogP contribution in [-0.4, -0.2) is 35.6 Å². The Hall–Kier alpha value is -2.57. The third kappa shape index (κ3) is 4.53. The number of carbonyl (C=O) groups excluding carboxylic acids is 2. The highest BCUT2D eigenvalue weighted by Crippen LogP contribution is 2.24. The van der Waals surface area contributed by atoms with Crippen molar-refractivity contribution in [1.82, 2.24) is 10.6 Å². The van der Waals surface area contributed by atoms with E-state index in [0.717, 1.165) is 24.2 Å². The monoisotopic (exact) mass is 359 g/mol. The molecule has 1 aliphatic carbocycles. The topological polar surface area (TPSA) is 98.7 Å². The van der Waals surface area contributed by atoms with Gasteiger partial charge in [-0.3, -0.25) is 9.59 Å². The number of aliphatic carboxylic acids is 1. The second kappa shape index (κ2) is 8.21. The van der Waals surface area contributed by atoms with E-state index in [1.165, 1.54) is 0 Å². The average Bonchev–Trinajstić information content (AvgIpc) is 3.07. The van der Waals surface area contributed by atoms with Crippen LogP contribution in [0.15, 0.2) is 24.3 Å². The van der Waals surface area contributed by atoms with Crippen molar-refractivity contribution in [2.75, 3.05) is 11.4 Å². The van der Waals surface area contributed by atoms with Crippen molar-refractivity contribution in [3.05, 3.63) is 29.8 Å². The van der Waals surface area contributed by atoms with E-state index in [1.807, 2.05) is 24.3 Å². The normalized spacial score (nSPS) is 22.9. The number of urea groups is 1. The zero-order valence-electron chi connectivity index (χ0n) is 14.7. The van der Waals surface area contributed by atoms with E-state index >= 15 is 0 Å². The predicted octanol–water partition coefficient (Wildman–Crippen LogP) is 2.26. The van der Waals surface area contributed by atoms with Crippen molar-refractivity contribution < 1.29 is 19.5 Å². The molecular formula is C19H25N3O4. The molecule has 3 amide bonds. The molecule has 1 aliphatic heterocycles. The van der Waals surface area contributed by atoms with Crippen LogP contribution < -0.4 is 15.5 Å². The molecule has 1 saturated carbocycles. The lowest BCUT2D eigenvalue weighted by Gasteiger charge is -2.26. The number of anilines is 1. The summed E-state index contributed by atoms with van der Waals surface area (Å²) >= 11 is 0. The van der Waals surface area contributed by atoms with Crippen LogP contribution in [0.25, 0.3) is 0 Å². The molecule has 2 fully saturated rings. The van der Waals surface area contributed by atoms with Crippen molar-refractivity contribution in [2.24, 2.45) is 5.92 Å². The van der Waals surface area contributed by atoms with Gasteiger partial charge in [0.05, 0.1) is 5.92 Å². The quantitative estimate of drug-likeness (QED) is 0.751. The molecule has 1 aromatic carbocycles. The van der Waals surface area contributed by atoms with E-state index in [1.54, 1.807) is 4.90 Å². The maximum Gasteiger partial charge on any atom is 0.315 e. The summed E-state index contributed by atoms with van der Waals surface area (Å²) in [7, 11) is 0. The minimum atomic E-state index is -0.744. The molecule has 1 saturated heterocycles. The summed E-state index contributed by atoms with van der Waals surface area (Å²) in [5, 5.41) is 14.7. The lowest BCUT2D eigenvalue weighted by atomic mass is 9.86. The first kappa shape index (κ1) is 18.2. The molecule has 1 heterocycles. The molecule has 3 N–H and O–H groups in total. The summed E-state index contributed by atoms with van der Waals surface area (Å²) in [6.45, 7) is 1.17. The fraction of sp³-hybridized carbons (Fsp3) is 0.526. The Morgan fingerprint density at radius 3 is 2.38 bits per heavy atom. The van der Waals surface area contributed by atoms with Crippen molar-refractivity contribution in [2.45, 2.75) is 51.1 Å². The summed E-state index contributed by atoms with van der Waals surface area (Å²) in [6, 6.07) is 7.45. The van der Waals surface area contributed by atoms with Crippen molar-refractivity contribution >= 4 is 23.6 Å². The van der Waals surface area contributed by atoms with Crippen LogP contribution in [-0.2, 0) is 16.1 Å². The Balaban J connectivity index is 1.42. The summed E-state index contributed by atoms with van der Waals surface area (Å²) < 4.78 is 0. The van der Waals surface area contributed by atoms with Crippen LogP contribution in [0.4, 0.5) is 10.5 Å². The first-order valence-electron chi connectivity index (χ1n) is 9.19. The molecule has 0 radical (unpaired) electrons. The number of amides is 3. The largest absolute Gasteiger partial charge is 0.481 e. The van der Waals surface area contributed by atoms with Gasteiger partial charge in [0.15, 0.2) is 0 Å². The van der Waals surface area contributed by atoms with Gasteiger partial charge < -0.3 is 20.6 Å². The van der Waals surface area contributed by atoms with Gasteiger partial charge in [0.2, 0.25) is 5.91 Å². The number of carboxylic acids is 1. The van der Waals surface area contributed by atoms with Crippen molar-refractivity contribution in [3.63, 3.8) is 0 Å². The molecule has 3 rings (SSSR count). The highest BCUT2D eigenvalue weighted by Gasteiger charge is 2.26. The molecule has 26 heavy (non-hydrogen) atoms. The number of nitrogens with one attached hydrogen (secondary N) is 2. The average molecular weight is 359 g/mol. The molecular weight excluding hydrogens is 334 g/mol. The Morgan fingerprint density at radius 2 is 1.81 bits per heavy atom. The van der Waals surface area contributed by atoms with Crippen molar-refractivity contribution in [1.29, 1.82) is 0 Å². The zero-order valence-corrected chi connectivity index (χ0v) is 14.7. The van der Waals surface area contributed by atoms with Gasteiger partial charge in [0.25, 0.3) is 0 Å². The Morgan fingerprint density at radius 1 is 1.12 bits per heavy atom. The number of carboxylic acid groups (broad SMARTS) is 1. The fourth-order valence-electron chi connectivity index (χ4n) is 3.62. The second-order valence-electron chi connectivity index (χ2n) is 7.03. The predicted molar refractivity (Wildman–Crippen MR) is 96.8 cm³/mol. The van der Waals surface area contributed by atoms with Crippen molar-refractivity contribution in [3.8, 4) is 0 Å². The molecule has 2 aliphatic rings. The molecule has 140 valence electrons. The standard InChI is InChI=1S/C19H25N3O4/c23-17-2-1-11-22(17)16-9-3-13(4-10-16)12-20-19(26)21-15-7-5-14(6-8-15)18(24)25/h3-4,9-10,14-15H,1-2,5-8,11-12H2,(H,24,25)(H2,20,21,26). The lowest BCUT2D eigenvalue weighted by Crippen LogP contribution is -2.43. The van der Waals surface area contributed by atoms with Crippen LogP contribution in [0.3, 0.4) is 0 Å². The van der Waals surface area contributed by atoms with Gasteiger partial charge in [-0.05, 0) is 49.8 Å². The third-order valence-electron chi connectivity index (χ3n) is 5.19. The molecule has 0 bridgehead atoms. The van der Waals surface area contributed by atoms with E-state index in [9.17, 15) is 14.4 Å².